The molecule has 0 saturated carbocycles. The van der Waals surface area contributed by atoms with Crippen molar-refractivity contribution in [1.82, 2.24) is 4.98 Å². The Labute approximate surface area is 128 Å². The first kappa shape index (κ1) is 15.4. The molecule has 1 aromatic heterocycles. The number of sulfonamides is 1. The predicted molar refractivity (Wildman–Crippen MR) is 79.7 cm³/mol. The van der Waals surface area contributed by atoms with Crippen LogP contribution in [0.5, 0.6) is 0 Å². The van der Waals surface area contributed by atoms with Gasteiger partial charge in [-0.3, -0.25) is 4.72 Å². The average Bonchev–Trinajstić information content (AvgIpc) is 2.76. The molecule has 2 rings (SSSR count). The van der Waals surface area contributed by atoms with Crippen molar-refractivity contribution in [2.45, 2.75) is 18.4 Å². The number of aromatic nitrogens is 1. The van der Waals surface area contributed by atoms with Gasteiger partial charge >= 0.3 is 0 Å². The van der Waals surface area contributed by atoms with Crippen LogP contribution in [0, 0.1) is 12.7 Å². The number of anilines is 1. The first-order chi connectivity index (χ1) is 9.33. The molecule has 0 amide bonds. The summed E-state index contributed by atoms with van der Waals surface area (Å²) in [6, 6.07) is 2.64. The normalized spacial score (nSPS) is 11.6. The second-order valence-electron chi connectivity index (χ2n) is 3.98. The van der Waals surface area contributed by atoms with Crippen LogP contribution >= 0.6 is 27.3 Å². The standard InChI is InChI=1S/C11H11BrFN3O2S2/c1-6-5-19-11(15-6)16-20(17,18)9-3-8(12)2-7(4-14)10(9)13/h2-3,5H,4,14H2,1H3,(H,15,16). The van der Waals surface area contributed by atoms with Crippen molar-refractivity contribution >= 4 is 42.4 Å². The van der Waals surface area contributed by atoms with E-state index in [0.717, 1.165) is 11.3 Å². The molecule has 1 aromatic carbocycles. The zero-order valence-electron chi connectivity index (χ0n) is 10.4. The monoisotopic (exact) mass is 379 g/mol. The van der Waals surface area contributed by atoms with Crippen LogP contribution in [-0.4, -0.2) is 13.4 Å². The SMILES string of the molecule is Cc1csc(NS(=O)(=O)c2cc(Br)cc(CN)c2F)n1. The minimum absolute atomic E-state index is 0.0931. The van der Waals surface area contributed by atoms with Crippen LogP contribution in [0.1, 0.15) is 11.3 Å². The van der Waals surface area contributed by atoms with E-state index in [1.54, 1.807) is 12.3 Å². The van der Waals surface area contributed by atoms with Crippen LogP contribution in [0.15, 0.2) is 26.9 Å². The van der Waals surface area contributed by atoms with Gasteiger partial charge in [0.15, 0.2) is 5.13 Å². The minimum atomic E-state index is -4.05. The van der Waals surface area contributed by atoms with Gasteiger partial charge in [0, 0.05) is 22.0 Å². The highest BCUT2D eigenvalue weighted by Gasteiger charge is 2.23. The Morgan fingerprint density at radius 2 is 2.20 bits per heavy atom. The lowest BCUT2D eigenvalue weighted by atomic mass is 10.2. The number of hydrogen-bond acceptors (Lipinski definition) is 5. The summed E-state index contributed by atoms with van der Waals surface area (Å²) in [6.07, 6.45) is 0. The predicted octanol–water partition coefficient (Wildman–Crippen LogP) is 2.61. The lowest BCUT2D eigenvalue weighted by molar-refractivity contribution is 0.560. The molecule has 3 N–H and O–H groups in total. The summed E-state index contributed by atoms with van der Waals surface area (Å²) in [5.41, 5.74) is 6.21. The number of benzene rings is 1. The van der Waals surface area contributed by atoms with Crippen molar-refractivity contribution in [3.8, 4) is 0 Å². The third-order valence-corrected chi connectivity index (χ3v) is 5.23. The highest BCUT2D eigenvalue weighted by Crippen LogP contribution is 2.26. The first-order valence-corrected chi connectivity index (χ1v) is 8.62. The molecular weight excluding hydrogens is 369 g/mol. The zero-order valence-corrected chi connectivity index (χ0v) is 13.6. The summed E-state index contributed by atoms with van der Waals surface area (Å²) in [5, 5.41) is 1.89. The van der Waals surface area contributed by atoms with Gasteiger partial charge in [0.05, 0.1) is 5.69 Å². The highest BCUT2D eigenvalue weighted by molar-refractivity contribution is 9.10. The molecular formula is C11H11BrFN3O2S2. The van der Waals surface area contributed by atoms with Gasteiger partial charge in [-0.15, -0.1) is 11.3 Å². The lowest BCUT2D eigenvalue weighted by Crippen LogP contribution is -2.16. The Morgan fingerprint density at radius 3 is 2.75 bits per heavy atom. The van der Waals surface area contributed by atoms with E-state index < -0.39 is 20.7 Å². The van der Waals surface area contributed by atoms with E-state index in [1.807, 2.05) is 0 Å². The van der Waals surface area contributed by atoms with Crippen LogP contribution in [0.2, 0.25) is 0 Å². The van der Waals surface area contributed by atoms with Crippen LogP contribution in [-0.2, 0) is 16.6 Å². The second-order valence-corrected chi connectivity index (χ2v) is 7.41. The third kappa shape index (κ3) is 3.17. The van der Waals surface area contributed by atoms with Crippen LogP contribution in [0.3, 0.4) is 0 Å². The molecule has 108 valence electrons. The molecule has 0 aliphatic carbocycles. The van der Waals surface area contributed by atoms with E-state index in [-0.39, 0.29) is 17.2 Å². The third-order valence-electron chi connectivity index (χ3n) is 2.43. The number of halogens is 2. The van der Waals surface area contributed by atoms with Crippen molar-refractivity contribution in [3.05, 3.63) is 39.1 Å². The number of nitrogens with one attached hydrogen (secondary N) is 1. The molecule has 0 spiro atoms. The van der Waals surface area contributed by atoms with Crippen LogP contribution in [0.4, 0.5) is 9.52 Å². The van der Waals surface area contributed by atoms with E-state index in [0.29, 0.717) is 10.2 Å². The van der Waals surface area contributed by atoms with Crippen molar-refractivity contribution in [2.75, 3.05) is 4.72 Å². The summed E-state index contributed by atoms with van der Waals surface area (Å²) >= 11 is 4.27. The lowest BCUT2D eigenvalue weighted by Gasteiger charge is -2.09. The number of nitrogens with two attached hydrogens (primary N) is 1. The van der Waals surface area contributed by atoms with Gasteiger partial charge < -0.3 is 5.73 Å². The Morgan fingerprint density at radius 1 is 1.50 bits per heavy atom. The molecule has 0 atom stereocenters. The molecule has 0 fully saturated rings. The topological polar surface area (TPSA) is 85.1 Å². The number of nitrogens with zero attached hydrogens (tertiary/aromatic N) is 1. The zero-order chi connectivity index (χ0) is 14.9. The van der Waals surface area contributed by atoms with Gasteiger partial charge in [0.2, 0.25) is 0 Å². The van der Waals surface area contributed by atoms with E-state index >= 15 is 0 Å². The fourth-order valence-electron chi connectivity index (χ4n) is 1.53. The first-order valence-electron chi connectivity index (χ1n) is 5.46. The van der Waals surface area contributed by atoms with Crippen molar-refractivity contribution in [3.63, 3.8) is 0 Å². The fraction of sp³-hybridized carbons (Fsp3) is 0.182. The van der Waals surface area contributed by atoms with Crippen LogP contribution in [0.25, 0.3) is 0 Å². The Balaban J connectivity index is 2.46. The van der Waals surface area contributed by atoms with Gasteiger partial charge in [-0.25, -0.2) is 17.8 Å². The van der Waals surface area contributed by atoms with Gasteiger partial charge in [-0.1, -0.05) is 15.9 Å². The van der Waals surface area contributed by atoms with E-state index in [1.165, 1.54) is 12.1 Å². The quantitative estimate of drug-likeness (QED) is 0.854. The van der Waals surface area contributed by atoms with Gasteiger partial charge in [0.1, 0.15) is 10.7 Å². The summed E-state index contributed by atoms with van der Waals surface area (Å²) < 4.78 is 41.2. The second kappa shape index (κ2) is 5.76. The summed E-state index contributed by atoms with van der Waals surface area (Å²) in [5.74, 6) is -0.850. The molecule has 0 radical (unpaired) electrons. The minimum Gasteiger partial charge on any atom is -0.326 e. The number of thiazole rings is 1. The average molecular weight is 380 g/mol. The maximum absolute atomic E-state index is 14.1. The summed E-state index contributed by atoms with van der Waals surface area (Å²) in [4.78, 5) is 3.53. The van der Waals surface area contributed by atoms with Gasteiger partial charge in [-0.05, 0) is 19.1 Å². The Bertz CT molecular complexity index is 746. The molecule has 0 saturated heterocycles. The van der Waals surface area contributed by atoms with Crippen LogP contribution < -0.4 is 10.5 Å². The largest absolute Gasteiger partial charge is 0.326 e. The van der Waals surface area contributed by atoms with E-state index in [4.69, 9.17) is 5.73 Å². The number of rotatable bonds is 4. The molecule has 0 unspecified atom stereocenters. The molecule has 2 aromatic rings. The number of hydrogen-bond donors (Lipinski definition) is 2. The smallest absolute Gasteiger partial charge is 0.266 e. The molecule has 0 aliphatic heterocycles. The summed E-state index contributed by atoms with van der Waals surface area (Å²) in [6.45, 7) is 1.64. The van der Waals surface area contributed by atoms with E-state index in [2.05, 4.69) is 25.6 Å². The fourth-order valence-corrected chi connectivity index (χ4v) is 4.28. The van der Waals surface area contributed by atoms with Crippen molar-refractivity contribution in [2.24, 2.45) is 5.73 Å². The Hall–Kier alpha value is -1.03. The Kier molecular flexibility index (Phi) is 4.43. The van der Waals surface area contributed by atoms with E-state index in [9.17, 15) is 12.8 Å². The van der Waals surface area contributed by atoms with Gasteiger partial charge in [0.25, 0.3) is 10.0 Å². The van der Waals surface area contributed by atoms with Crippen molar-refractivity contribution < 1.29 is 12.8 Å². The maximum Gasteiger partial charge on any atom is 0.266 e. The van der Waals surface area contributed by atoms with Crippen molar-refractivity contribution in [1.29, 1.82) is 0 Å². The molecule has 0 bridgehead atoms. The molecule has 0 aliphatic rings. The molecule has 9 heteroatoms. The highest BCUT2D eigenvalue weighted by atomic mass is 79.9. The molecule has 5 nitrogen and oxygen atoms in total. The molecule has 20 heavy (non-hydrogen) atoms. The molecule has 1 heterocycles. The van der Waals surface area contributed by atoms with Gasteiger partial charge in [-0.2, -0.15) is 0 Å². The summed E-state index contributed by atoms with van der Waals surface area (Å²) in [7, 11) is -4.05. The number of aryl methyl sites for hydroxylation is 1. The maximum atomic E-state index is 14.1.